The van der Waals surface area contributed by atoms with Gasteiger partial charge in [-0.2, -0.15) is 0 Å². The number of benzene rings is 2. The Balaban J connectivity index is 1.82. The Labute approximate surface area is 164 Å². The number of para-hydroxylation sites is 1. The number of hydrogen-bond acceptors (Lipinski definition) is 4. The highest BCUT2D eigenvalue weighted by Crippen LogP contribution is 2.12. The van der Waals surface area contributed by atoms with Crippen molar-refractivity contribution < 1.29 is 19.1 Å². The van der Waals surface area contributed by atoms with Crippen LogP contribution in [0.2, 0.25) is 0 Å². The molecule has 148 valence electrons. The molecule has 0 bridgehead atoms. The van der Waals surface area contributed by atoms with Gasteiger partial charge in [0.1, 0.15) is 5.75 Å². The van der Waals surface area contributed by atoms with E-state index in [1.807, 2.05) is 19.9 Å². The van der Waals surface area contributed by atoms with Gasteiger partial charge in [0, 0.05) is 17.7 Å². The average molecular weight is 383 g/mol. The number of hydrogen-bond donors (Lipinski definition) is 3. The van der Waals surface area contributed by atoms with Gasteiger partial charge in [0.2, 0.25) is 5.91 Å². The number of anilines is 1. The fourth-order valence-corrected chi connectivity index (χ4v) is 2.34. The molecule has 7 nitrogen and oxygen atoms in total. The quantitative estimate of drug-likeness (QED) is 0.641. The predicted molar refractivity (Wildman–Crippen MR) is 107 cm³/mol. The van der Waals surface area contributed by atoms with E-state index in [2.05, 4.69) is 16.2 Å². The summed E-state index contributed by atoms with van der Waals surface area (Å²) in [6.45, 7) is 5.52. The van der Waals surface area contributed by atoms with Crippen LogP contribution in [0.25, 0.3) is 0 Å². The zero-order chi connectivity index (χ0) is 20.5. The molecule has 28 heavy (non-hydrogen) atoms. The highest BCUT2D eigenvalue weighted by Gasteiger charge is 2.16. The number of amides is 3. The van der Waals surface area contributed by atoms with Gasteiger partial charge in [0.15, 0.2) is 6.10 Å². The lowest BCUT2D eigenvalue weighted by molar-refractivity contribution is -0.128. The van der Waals surface area contributed by atoms with E-state index in [1.165, 1.54) is 0 Å². The van der Waals surface area contributed by atoms with Gasteiger partial charge in [-0.05, 0) is 49.2 Å². The van der Waals surface area contributed by atoms with E-state index >= 15 is 0 Å². The summed E-state index contributed by atoms with van der Waals surface area (Å²) in [7, 11) is 0. The summed E-state index contributed by atoms with van der Waals surface area (Å²) in [6.07, 6.45) is -0.349. The molecule has 0 radical (unpaired) electrons. The van der Waals surface area contributed by atoms with Gasteiger partial charge in [-0.1, -0.05) is 32.0 Å². The number of nitrogens with one attached hydrogen (secondary N) is 3. The third-order valence-corrected chi connectivity index (χ3v) is 3.75. The molecule has 3 N–H and O–H groups in total. The fourth-order valence-electron chi connectivity index (χ4n) is 2.34. The van der Waals surface area contributed by atoms with E-state index in [0.717, 1.165) is 0 Å². The number of rotatable bonds is 7. The Bertz CT molecular complexity index is 804. The molecule has 0 saturated carbocycles. The minimum Gasteiger partial charge on any atom is -0.481 e. The van der Waals surface area contributed by atoms with Crippen LogP contribution in [0.3, 0.4) is 0 Å². The normalized spacial score (nSPS) is 11.4. The van der Waals surface area contributed by atoms with Crippen LogP contribution < -0.4 is 20.9 Å². The minimum atomic E-state index is -0.777. The summed E-state index contributed by atoms with van der Waals surface area (Å²) < 4.78 is 5.49. The molecule has 0 aromatic heterocycles. The standard InChI is InChI=1S/C21H25N3O4/c1-14(2)13-19(25)22-17-11-9-16(10-12-17)21(27)24-23-20(26)15(3)28-18-7-5-4-6-8-18/h4-12,14-15H,13H2,1-3H3,(H,22,25)(H,23,26)(H,24,27). The summed E-state index contributed by atoms with van der Waals surface area (Å²) in [5.74, 6) is -0.199. The Morgan fingerprint density at radius 2 is 1.54 bits per heavy atom. The highest BCUT2D eigenvalue weighted by atomic mass is 16.5. The summed E-state index contributed by atoms with van der Waals surface area (Å²) in [6, 6.07) is 15.3. The van der Waals surface area contributed by atoms with Crippen molar-refractivity contribution in [1.82, 2.24) is 10.9 Å². The molecule has 2 aromatic rings. The fraction of sp³-hybridized carbons (Fsp3) is 0.286. The van der Waals surface area contributed by atoms with Gasteiger partial charge in [-0.25, -0.2) is 0 Å². The van der Waals surface area contributed by atoms with Gasteiger partial charge < -0.3 is 10.1 Å². The van der Waals surface area contributed by atoms with Crippen LogP contribution in [0.4, 0.5) is 5.69 Å². The maximum atomic E-state index is 12.2. The number of hydrazine groups is 1. The lowest BCUT2D eigenvalue weighted by atomic mass is 10.1. The highest BCUT2D eigenvalue weighted by molar-refractivity contribution is 5.97. The third-order valence-electron chi connectivity index (χ3n) is 3.75. The van der Waals surface area contributed by atoms with Crippen LogP contribution >= 0.6 is 0 Å². The molecule has 0 fully saturated rings. The van der Waals surface area contributed by atoms with Gasteiger partial charge in [0.25, 0.3) is 11.8 Å². The first kappa shape index (κ1) is 21.0. The van der Waals surface area contributed by atoms with Crippen molar-refractivity contribution in [3.05, 3.63) is 60.2 Å². The van der Waals surface area contributed by atoms with Crippen LogP contribution in [-0.4, -0.2) is 23.8 Å². The molecule has 0 aliphatic carbocycles. The first-order valence-electron chi connectivity index (χ1n) is 9.07. The Morgan fingerprint density at radius 3 is 2.14 bits per heavy atom. The van der Waals surface area contributed by atoms with Gasteiger partial charge >= 0.3 is 0 Å². The molecule has 2 rings (SSSR count). The van der Waals surface area contributed by atoms with Crippen LogP contribution in [0.5, 0.6) is 5.75 Å². The Hall–Kier alpha value is -3.35. The minimum absolute atomic E-state index is 0.0770. The van der Waals surface area contributed by atoms with Gasteiger partial charge in [-0.15, -0.1) is 0 Å². The third kappa shape index (κ3) is 6.75. The van der Waals surface area contributed by atoms with E-state index < -0.39 is 17.9 Å². The number of ether oxygens (including phenoxy) is 1. The molecule has 2 aromatic carbocycles. The zero-order valence-corrected chi connectivity index (χ0v) is 16.2. The van der Waals surface area contributed by atoms with Crippen molar-refractivity contribution in [1.29, 1.82) is 0 Å². The maximum absolute atomic E-state index is 12.2. The lowest BCUT2D eigenvalue weighted by Gasteiger charge is -2.15. The lowest BCUT2D eigenvalue weighted by Crippen LogP contribution is -2.47. The van der Waals surface area contributed by atoms with E-state index in [-0.39, 0.29) is 11.8 Å². The average Bonchev–Trinajstić information content (AvgIpc) is 2.66. The maximum Gasteiger partial charge on any atom is 0.279 e. The van der Waals surface area contributed by atoms with Crippen molar-refractivity contribution in [2.45, 2.75) is 33.3 Å². The molecule has 0 aliphatic heterocycles. The molecule has 7 heteroatoms. The van der Waals surface area contributed by atoms with Gasteiger partial charge in [-0.3, -0.25) is 25.2 Å². The summed E-state index contributed by atoms with van der Waals surface area (Å²) in [5.41, 5.74) is 5.64. The molecular formula is C21H25N3O4. The first-order valence-corrected chi connectivity index (χ1v) is 9.07. The van der Waals surface area contributed by atoms with Crippen molar-refractivity contribution in [2.75, 3.05) is 5.32 Å². The second-order valence-corrected chi connectivity index (χ2v) is 6.74. The van der Waals surface area contributed by atoms with Gasteiger partial charge in [0.05, 0.1) is 0 Å². The Morgan fingerprint density at radius 1 is 0.893 bits per heavy atom. The SMILES string of the molecule is CC(C)CC(=O)Nc1ccc(C(=O)NNC(=O)C(C)Oc2ccccc2)cc1. The topological polar surface area (TPSA) is 96.5 Å². The van der Waals surface area contributed by atoms with Crippen molar-refractivity contribution in [3.8, 4) is 5.75 Å². The van der Waals surface area contributed by atoms with E-state index in [1.54, 1.807) is 55.5 Å². The molecule has 0 spiro atoms. The van der Waals surface area contributed by atoms with Crippen LogP contribution in [-0.2, 0) is 9.59 Å². The molecule has 1 unspecified atom stereocenters. The molecular weight excluding hydrogens is 358 g/mol. The zero-order valence-electron chi connectivity index (χ0n) is 16.2. The van der Waals surface area contributed by atoms with E-state index in [9.17, 15) is 14.4 Å². The number of carbonyl (C=O) groups is 3. The van der Waals surface area contributed by atoms with E-state index in [4.69, 9.17) is 4.74 Å². The summed E-state index contributed by atoms with van der Waals surface area (Å²) in [5, 5.41) is 2.77. The first-order chi connectivity index (χ1) is 13.3. The summed E-state index contributed by atoms with van der Waals surface area (Å²) >= 11 is 0. The predicted octanol–water partition coefficient (Wildman–Crippen LogP) is 2.90. The smallest absolute Gasteiger partial charge is 0.279 e. The van der Waals surface area contributed by atoms with Crippen LogP contribution in [0.1, 0.15) is 37.6 Å². The second-order valence-electron chi connectivity index (χ2n) is 6.74. The second kappa shape index (κ2) is 10.1. The molecule has 1 atom stereocenters. The van der Waals surface area contributed by atoms with Crippen LogP contribution in [0.15, 0.2) is 54.6 Å². The van der Waals surface area contributed by atoms with Crippen molar-refractivity contribution >= 4 is 23.4 Å². The van der Waals surface area contributed by atoms with E-state index in [0.29, 0.717) is 23.4 Å². The molecule has 0 heterocycles. The van der Waals surface area contributed by atoms with Crippen molar-refractivity contribution in [2.24, 2.45) is 5.92 Å². The largest absolute Gasteiger partial charge is 0.481 e. The number of carbonyl (C=O) groups excluding carboxylic acids is 3. The molecule has 0 saturated heterocycles. The van der Waals surface area contributed by atoms with Crippen molar-refractivity contribution in [3.63, 3.8) is 0 Å². The monoisotopic (exact) mass is 383 g/mol. The Kier molecular flexibility index (Phi) is 7.56. The van der Waals surface area contributed by atoms with Crippen LogP contribution in [0, 0.1) is 5.92 Å². The molecule has 3 amide bonds. The summed E-state index contributed by atoms with van der Waals surface area (Å²) in [4.78, 5) is 36.0. The molecule has 0 aliphatic rings.